The van der Waals surface area contributed by atoms with Gasteiger partial charge in [-0.25, -0.2) is 9.78 Å². The fraction of sp³-hybridized carbons (Fsp3) is 0.353. The van der Waals surface area contributed by atoms with Gasteiger partial charge >= 0.3 is 6.09 Å². The van der Waals surface area contributed by atoms with Crippen LogP contribution in [0.25, 0.3) is 10.9 Å². The smallest absolute Gasteiger partial charge is 0.409 e. The Labute approximate surface area is 134 Å². The Morgan fingerprint density at radius 1 is 1.26 bits per heavy atom. The highest BCUT2D eigenvalue weighted by molar-refractivity contribution is 5.93. The molecule has 2 heterocycles. The number of fused-ring (bicyclic) bond motifs is 1. The molecule has 2 aromatic rings. The van der Waals surface area contributed by atoms with E-state index in [4.69, 9.17) is 4.74 Å². The van der Waals surface area contributed by atoms with Gasteiger partial charge in [0.15, 0.2) is 0 Å². The summed E-state index contributed by atoms with van der Waals surface area (Å²) in [5, 5.41) is 3.88. The van der Waals surface area contributed by atoms with Crippen molar-refractivity contribution >= 4 is 28.7 Å². The second kappa shape index (κ2) is 6.64. The van der Waals surface area contributed by atoms with E-state index in [1.54, 1.807) is 11.0 Å². The predicted octanol–water partition coefficient (Wildman–Crippen LogP) is 2.65. The van der Waals surface area contributed by atoms with Gasteiger partial charge < -0.3 is 15.0 Å². The SMILES string of the molecule is COC(=O)N1CCCC(C(=O)Nc2ccc3ccccc3n2)C1. The number of rotatable bonds is 2. The van der Waals surface area contributed by atoms with Crippen LogP contribution in [0.1, 0.15) is 12.8 Å². The first-order valence-electron chi connectivity index (χ1n) is 7.67. The minimum atomic E-state index is -0.383. The minimum absolute atomic E-state index is 0.110. The molecule has 3 rings (SSSR count). The lowest BCUT2D eigenvalue weighted by Crippen LogP contribution is -2.43. The number of carbonyl (C=O) groups is 2. The third kappa shape index (κ3) is 3.41. The Kier molecular flexibility index (Phi) is 4.41. The van der Waals surface area contributed by atoms with Crippen molar-refractivity contribution in [1.29, 1.82) is 0 Å². The lowest BCUT2D eigenvalue weighted by molar-refractivity contribution is -0.121. The lowest BCUT2D eigenvalue weighted by atomic mass is 9.97. The molecule has 1 aromatic carbocycles. The van der Waals surface area contributed by atoms with Gasteiger partial charge in [0.25, 0.3) is 0 Å². The first kappa shape index (κ1) is 15.3. The van der Waals surface area contributed by atoms with Gasteiger partial charge in [-0.1, -0.05) is 18.2 Å². The summed E-state index contributed by atoms with van der Waals surface area (Å²) in [5.74, 6) is 0.182. The summed E-state index contributed by atoms with van der Waals surface area (Å²) in [5.41, 5.74) is 0.838. The number of hydrogen-bond acceptors (Lipinski definition) is 4. The van der Waals surface area contributed by atoms with Crippen LogP contribution < -0.4 is 5.32 Å². The Bertz CT molecular complexity index is 732. The predicted molar refractivity (Wildman–Crippen MR) is 87.1 cm³/mol. The standard InChI is InChI=1S/C17H19N3O3/c1-23-17(22)20-10-4-6-13(11-20)16(21)19-15-9-8-12-5-2-3-7-14(12)18-15/h2-3,5,7-9,13H,4,6,10-11H2,1H3,(H,18,19,21). The fourth-order valence-electron chi connectivity index (χ4n) is 2.85. The molecule has 1 fully saturated rings. The zero-order valence-corrected chi connectivity index (χ0v) is 13.0. The van der Waals surface area contributed by atoms with E-state index in [1.807, 2.05) is 30.3 Å². The van der Waals surface area contributed by atoms with E-state index in [2.05, 4.69) is 10.3 Å². The van der Waals surface area contributed by atoms with Crippen LogP contribution in [0, 0.1) is 5.92 Å². The summed E-state index contributed by atoms with van der Waals surface area (Å²) >= 11 is 0. The van der Waals surface area contributed by atoms with E-state index in [1.165, 1.54) is 7.11 Å². The van der Waals surface area contributed by atoms with Crippen molar-refractivity contribution in [2.75, 3.05) is 25.5 Å². The van der Waals surface area contributed by atoms with Crippen LogP contribution >= 0.6 is 0 Å². The number of carbonyl (C=O) groups excluding carboxylic acids is 2. The number of nitrogens with one attached hydrogen (secondary N) is 1. The molecule has 1 aliphatic heterocycles. The highest BCUT2D eigenvalue weighted by Crippen LogP contribution is 2.20. The Morgan fingerprint density at radius 3 is 2.91 bits per heavy atom. The molecule has 1 saturated heterocycles. The maximum absolute atomic E-state index is 12.4. The largest absolute Gasteiger partial charge is 0.453 e. The summed E-state index contributed by atoms with van der Waals surface area (Å²) in [4.78, 5) is 30.0. The summed E-state index contributed by atoms with van der Waals surface area (Å²) in [6.45, 7) is 1.01. The first-order valence-corrected chi connectivity index (χ1v) is 7.67. The summed E-state index contributed by atoms with van der Waals surface area (Å²) in [6, 6.07) is 11.5. The number of aromatic nitrogens is 1. The molecule has 1 aliphatic rings. The number of hydrogen-bond donors (Lipinski definition) is 1. The third-order valence-corrected chi connectivity index (χ3v) is 4.07. The van der Waals surface area contributed by atoms with Gasteiger partial charge in [0.2, 0.25) is 5.91 Å². The molecule has 0 saturated carbocycles. The molecule has 120 valence electrons. The average molecular weight is 313 g/mol. The van der Waals surface area contributed by atoms with E-state index in [0.29, 0.717) is 18.9 Å². The van der Waals surface area contributed by atoms with Crippen molar-refractivity contribution < 1.29 is 14.3 Å². The van der Waals surface area contributed by atoms with Crippen LogP contribution in [-0.4, -0.2) is 42.1 Å². The molecular weight excluding hydrogens is 294 g/mol. The zero-order valence-electron chi connectivity index (χ0n) is 13.0. The molecule has 1 unspecified atom stereocenters. The van der Waals surface area contributed by atoms with Gasteiger partial charge in [0.05, 0.1) is 18.5 Å². The van der Waals surface area contributed by atoms with Gasteiger partial charge in [0, 0.05) is 18.5 Å². The first-order chi connectivity index (χ1) is 11.2. The maximum atomic E-state index is 12.4. The molecule has 0 bridgehead atoms. The number of nitrogens with zero attached hydrogens (tertiary/aromatic N) is 2. The topological polar surface area (TPSA) is 71.5 Å². The van der Waals surface area contributed by atoms with E-state index in [-0.39, 0.29) is 17.9 Å². The van der Waals surface area contributed by atoms with E-state index in [0.717, 1.165) is 23.7 Å². The summed E-state index contributed by atoms with van der Waals surface area (Å²) in [7, 11) is 1.35. The van der Waals surface area contributed by atoms with Crippen molar-refractivity contribution in [3.8, 4) is 0 Å². The molecular formula is C17H19N3O3. The van der Waals surface area contributed by atoms with Crippen LogP contribution in [-0.2, 0) is 9.53 Å². The Morgan fingerprint density at radius 2 is 2.09 bits per heavy atom. The molecule has 1 aromatic heterocycles. The van der Waals surface area contributed by atoms with Gasteiger partial charge in [-0.05, 0) is 31.0 Å². The number of pyridine rings is 1. The van der Waals surface area contributed by atoms with Crippen molar-refractivity contribution in [2.45, 2.75) is 12.8 Å². The van der Waals surface area contributed by atoms with Gasteiger partial charge in [-0.15, -0.1) is 0 Å². The van der Waals surface area contributed by atoms with Gasteiger partial charge in [-0.2, -0.15) is 0 Å². The van der Waals surface area contributed by atoms with Gasteiger partial charge in [0.1, 0.15) is 5.82 Å². The monoisotopic (exact) mass is 313 g/mol. The van der Waals surface area contributed by atoms with Crippen molar-refractivity contribution in [3.63, 3.8) is 0 Å². The number of para-hydroxylation sites is 1. The number of piperidine rings is 1. The lowest BCUT2D eigenvalue weighted by Gasteiger charge is -2.30. The maximum Gasteiger partial charge on any atom is 0.409 e. The van der Waals surface area contributed by atoms with Crippen LogP contribution in [0.5, 0.6) is 0 Å². The number of anilines is 1. The highest BCUT2D eigenvalue weighted by atomic mass is 16.5. The van der Waals surface area contributed by atoms with E-state index >= 15 is 0 Å². The van der Waals surface area contributed by atoms with Crippen LogP contribution in [0.15, 0.2) is 36.4 Å². The molecule has 1 N–H and O–H groups in total. The minimum Gasteiger partial charge on any atom is -0.453 e. The normalized spacial score (nSPS) is 17.8. The van der Waals surface area contributed by atoms with Crippen molar-refractivity contribution in [2.24, 2.45) is 5.92 Å². The van der Waals surface area contributed by atoms with Crippen LogP contribution in [0.4, 0.5) is 10.6 Å². The quantitative estimate of drug-likeness (QED) is 0.925. The van der Waals surface area contributed by atoms with Crippen LogP contribution in [0.2, 0.25) is 0 Å². The van der Waals surface area contributed by atoms with Gasteiger partial charge in [-0.3, -0.25) is 4.79 Å². The third-order valence-electron chi connectivity index (χ3n) is 4.07. The second-order valence-corrected chi connectivity index (χ2v) is 5.63. The van der Waals surface area contributed by atoms with Crippen molar-refractivity contribution in [1.82, 2.24) is 9.88 Å². The number of amides is 2. The molecule has 6 nitrogen and oxygen atoms in total. The number of methoxy groups -OCH3 is 1. The average Bonchev–Trinajstić information content (AvgIpc) is 2.61. The Hall–Kier alpha value is -2.63. The number of ether oxygens (including phenoxy) is 1. The fourth-order valence-corrected chi connectivity index (χ4v) is 2.85. The molecule has 0 spiro atoms. The second-order valence-electron chi connectivity index (χ2n) is 5.63. The molecule has 1 atom stereocenters. The molecule has 0 aliphatic carbocycles. The number of benzene rings is 1. The summed E-state index contributed by atoms with van der Waals surface area (Å²) in [6.07, 6.45) is 1.16. The molecule has 0 radical (unpaired) electrons. The Balaban J connectivity index is 1.68. The number of likely N-dealkylation sites (tertiary alicyclic amines) is 1. The highest BCUT2D eigenvalue weighted by Gasteiger charge is 2.29. The van der Waals surface area contributed by atoms with E-state index in [9.17, 15) is 9.59 Å². The van der Waals surface area contributed by atoms with E-state index < -0.39 is 0 Å². The molecule has 23 heavy (non-hydrogen) atoms. The van der Waals surface area contributed by atoms with Crippen molar-refractivity contribution in [3.05, 3.63) is 36.4 Å². The molecule has 6 heteroatoms. The molecule has 2 amide bonds. The summed E-state index contributed by atoms with van der Waals surface area (Å²) < 4.78 is 4.73. The van der Waals surface area contributed by atoms with Crippen LogP contribution in [0.3, 0.4) is 0 Å². The zero-order chi connectivity index (χ0) is 16.2.